The van der Waals surface area contributed by atoms with Gasteiger partial charge in [0.15, 0.2) is 0 Å². The summed E-state index contributed by atoms with van der Waals surface area (Å²) in [7, 11) is 0. The van der Waals surface area contributed by atoms with Crippen LogP contribution in [0.4, 0.5) is 13.2 Å². The Bertz CT molecular complexity index is 575. The summed E-state index contributed by atoms with van der Waals surface area (Å²) in [5.74, 6) is -2.78. The molecule has 4 heteroatoms. The van der Waals surface area contributed by atoms with Crippen LogP contribution >= 0.6 is 0 Å². The van der Waals surface area contributed by atoms with E-state index in [1.807, 2.05) is 44.2 Å². The average Bonchev–Trinajstić information content (AvgIpc) is 2.45. The van der Waals surface area contributed by atoms with E-state index in [1.165, 1.54) is 0 Å². The predicted octanol–water partition coefficient (Wildman–Crippen LogP) is 4.56. The minimum absolute atomic E-state index is 0.116. The first kappa shape index (κ1) is 15.6. The van der Waals surface area contributed by atoms with Crippen molar-refractivity contribution in [2.45, 2.75) is 25.8 Å². The van der Waals surface area contributed by atoms with Crippen LogP contribution in [0.2, 0.25) is 0 Å². The highest BCUT2D eigenvalue weighted by Crippen LogP contribution is 2.33. The molecule has 0 bridgehead atoms. The Labute approximate surface area is 122 Å². The van der Waals surface area contributed by atoms with E-state index in [4.69, 9.17) is 0 Å². The Morgan fingerprint density at radius 2 is 1.57 bits per heavy atom. The molecule has 0 aliphatic carbocycles. The summed E-state index contributed by atoms with van der Waals surface area (Å²) in [6.07, 6.45) is 0. The molecule has 1 N–H and O–H groups in total. The highest BCUT2D eigenvalue weighted by atomic mass is 19.1. The van der Waals surface area contributed by atoms with Crippen molar-refractivity contribution in [3.05, 3.63) is 71.0 Å². The number of benzene rings is 2. The fraction of sp³-hybridized carbons (Fsp3) is 0.294. The van der Waals surface area contributed by atoms with Crippen LogP contribution in [-0.4, -0.2) is 6.54 Å². The highest BCUT2D eigenvalue weighted by molar-refractivity contribution is 5.30. The topological polar surface area (TPSA) is 12.0 Å². The molecule has 0 fully saturated rings. The van der Waals surface area contributed by atoms with Crippen molar-refractivity contribution in [1.29, 1.82) is 0 Å². The van der Waals surface area contributed by atoms with E-state index in [0.717, 1.165) is 17.7 Å². The van der Waals surface area contributed by atoms with Crippen LogP contribution in [0.25, 0.3) is 0 Å². The fourth-order valence-corrected chi connectivity index (χ4v) is 2.55. The van der Waals surface area contributed by atoms with Gasteiger partial charge in [-0.05, 0) is 12.1 Å². The Balaban J connectivity index is 2.44. The second kappa shape index (κ2) is 6.76. The Morgan fingerprint density at radius 1 is 1.00 bits per heavy atom. The SMILES string of the molecule is CCNC(c1c(F)cc(F)cc1F)C(C)c1ccccc1. The third-order valence-electron chi connectivity index (χ3n) is 3.60. The molecule has 0 heterocycles. The lowest BCUT2D eigenvalue weighted by Crippen LogP contribution is -2.27. The summed E-state index contributed by atoms with van der Waals surface area (Å²) < 4.78 is 41.2. The Hall–Kier alpha value is -1.81. The standard InChI is InChI=1S/C17H18F3N/c1-3-21-17(11(2)12-7-5-4-6-8-12)16-14(19)9-13(18)10-15(16)20/h4-11,17,21H,3H2,1-2H3. The van der Waals surface area contributed by atoms with E-state index in [-0.39, 0.29) is 11.5 Å². The third kappa shape index (κ3) is 3.45. The smallest absolute Gasteiger partial charge is 0.133 e. The average molecular weight is 293 g/mol. The maximum absolute atomic E-state index is 14.0. The molecule has 0 aliphatic rings. The van der Waals surface area contributed by atoms with Gasteiger partial charge in [0.2, 0.25) is 0 Å². The van der Waals surface area contributed by atoms with Crippen molar-refractivity contribution in [3.63, 3.8) is 0 Å². The molecule has 0 saturated carbocycles. The van der Waals surface area contributed by atoms with Gasteiger partial charge < -0.3 is 5.32 Å². The van der Waals surface area contributed by atoms with Gasteiger partial charge in [-0.1, -0.05) is 44.2 Å². The zero-order valence-electron chi connectivity index (χ0n) is 12.0. The molecule has 0 aliphatic heterocycles. The first-order valence-electron chi connectivity index (χ1n) is 6.97. The van der Waals surface area contributed by atoms with Gasteiger partial charge in [-0.3, -0.25) is 0 Å². The van der Waals surface area contributed by atoms with Gasteiger partial charge >= 0.3 is 0 Å². The molecular formula is C17H18F3N. The van der Waals surface area contributed by atoms with Gasteiger partial charge in [-0.15, -0.1) is 0 Å². The molecule has 2 rings (SSSR count). The fourth-order valence-electron chi connectivity index (χ4n) is 2.55. The lowest BCUT2D eigenvalue weighted by atomic mass is 9.88. The summed E-state index contributed by atoms with van der Waals surface area (Å²) in [4.78, 5) is 0. The van der Waals surface area contributed by atoms with Crippen LogP contribution in [0.1, 0.15) is 36.9 Å². The molecule has 2 atom stereocenters. The van der Waals surface area contributed by atoms with E-state index in [1.54, 1.807) is 0 Å². The van der Waals surface area contributed by atoms with E-state index in [2.05, 4.69) is 5.32 Å². The maximum Gasteiger partial charge on any atom is 0.133 e. The molecule has 1 nitrogen and oxygen atoms in total. The van der Waals surface area contributed by atoms with Crippen LogP contribution < -0.4 is 5.32 Å². The third-order valence-corrected chi connectivity index (χ3v) is 3.60. The first-order chi connectivity index (χ1) is 10.0. The molecular weight excluding hydrogens is 275 g/mol. The number of hydrogen-bond acceptors (Lipinski definition) is 1. The molecule has 0 radical (unpaired) electrons. The zero-order chi connectivity index (χ0) is 15.4. The summed E-state index contributed by atoms with van der Waals surface area (Å²) in [6.45, 7) is 4.31. The van der Waals surface area contributed by atoms with E-state index in [9.17, 15) is 13.2 Å². The quantitative estimate of drug-likeness (QED) is 0.852. The second-order valence-corrected chi connectivity index (χ2v) is 5.02. The second-order valence-electron chi connectivity index (χ2n) is 5.02. The van der Waals surface area contributed by atoms with E-state index < -0.39 is 23.5 Å². The number of nitrogens with one attached hydrogen (secondary N) is 1. The molecule has 0 spiro atoms. The monoisotopic (exact) mass is 293 g/mol. The van der Waals surface area contributed by atoms with Gasteiger partial charge in [0.05, 0.1) is 0 Å². The lowest BCUT2D eigenvalue weighted by Gasteiger charge is -2.26. The summed E-state index contributed by atoms with van der Waals surface area (Å²) >= 11 is 0. The number of rotatable bonds is 5. The zero-order valence-corrected chi connectivity index (χ0v) is 12.0. The molecule has 2 unspecified atom stereocenters. The van der Waals surface area contributed by atoms with Gasteiger partial charge in [0.25, 0.3) is 0 Å². The Kier molecular flexibility index (Phi) is 5.02. The van der Waals surface area contributed by atoms with Crippen molar-refractivity contribution in [2.24, 2.45) is 0 Å². The van der Waals surface area contributed by atoms with Crippen LogP contribution in [0, 0.1) is 17.5 Å². The van der Waals surface area contributed by atoms with Crippen LogP contribution in [0.3, 0.4) is 0 Å². The van der Waals surface area contributed by atoms with Crippen LogP contribution in [0.15, 0.2) is 42.5 Å². The molecule has 2 aromatic carbocycles. The van der Waals surface area contributed by atoms with Crippen LogP contribution in [0.5, 0.6) is 0 Å². The predicted molar refractivity (Wildman–Crippen MR) is 77.6 cm³/mol. The first-order valence-corrected chi connectivity index (χ1v) is 6.97. The van der Waals surface area contributed by atoms with Crippen molar-refractivity contribution in [1.82, 2.24) is 5.32 Å². The van der Waals surface area contributed by atoms with Crippen molar-refractivity contribution in [3.8, 4) is 0 Å². The molecule has 0 saturated heterocycles. The van der Waals surface area contributed by atoms with Crippen LogP contribution in [-0.2, 0) is 0 Å². The minimum Gasteiger partial charge on any atom is -0.310 e. The number of likely N-dealkylation sites (N-methyl/N-ethyl adjacent to an activating group) is 1. The molecule has 112 valence electrons. The van der Waals surface area contributed by atoms with E-state index >= 15 is 0 Å². The van der Waals surface area contributed by atoms with E-state index in [0.29, 0.717) is 6.54 Å². The van der Waals surface area contributed by atoms with Gasteiger partial charge in [0, 0.05) is 29.7 Å². The largest absolute Gasteiger partial charge is 0.310 e. The lowest BCUT2D eigenvalue weighted by molar-refractivity contribution is 0.425. The normalized spacial score (nSPS) is 14.0. The van der Waals surface area contributed by atoms with Gasteiger partial charge in [-0.2, -0.15) is 0 Å². The minimum atomic E-state index is -0.906. The summed E-state index contributed by atoms with van der Waals surface area (Å²) in [5.41, 5.74) is 0.848. The molecule has 2 aromatic rings. The van der Waals surface area contributed by atoms with Crippen molar-refractivity contribution in [2.75, 3.05) is 6.54 Å². The maximum atomic E-state index is 14.0. The molecule has 21 heavy (non-hydrogen) atoms. The Morgan fingerprint density at radius 3 is 2.10 bits per heavy atom. The van der Waals surface area contributed by atoms with Crippen molar-refractivity contribution >= 4 is 0 Å². The number of hydrogen-bond donors (Lipinski definition) is 1. The molecule has 0 amide bonds. The summed E-state index contributed by atoms with van der Waals surface area (Å²) in [6, 6.07) is 10.4. The van der Waals surface area contributed by atoms with Gasteiger partial charge in [0.1, 0.15) is 17.5 Å². The van der Waals surface area contributed by atoms with Crippen molar-refractivity contribution < 1.29 is 13.2 Å². The summed E-state index contributed by atoms with van der Waals surface area (Å²) in [5, 5.41) is 3.10. The highest BCUT2D eigenvalue weighted by Gasteiger charge is 2.26. The number of halogens is 3. The van der Waals surface area contributed by atoms with Gasteiger partial charge in [-0.25, -0.2) is 13.2 Å². The molecule has 0 aromatic heterocycles.